The molecule has 0 fully saturated rings. The van der Waals surface area contributed by atoms with E-state index in [0.717, 1.165) is 5.56 Å². The van der Waals surface area contributed by atoms with E-state index < -0.39 is 11.7 Å². The Balaban J connectivity index is 2.61. The molecule has 19 heavy (non-hydrogen) atoms. The van der Waals surface area contributed by atoms with E-state index in [1.54, 1.807) is 13.0 Å². The molecular formula is C15H21NO3. The molecule has 0 spiro atoms. The molecule has 0 saturated carbocycles. The van der Waals surface area contributed by atoms with Gasteiger partial charge in [-0.25, -0.2) is 4.79 Å². The Hall–Kier alpha value is -1.84. The lowest BCUT2D eigenvalue weighted by Crippen LogP contribution is -2.27. The summed E-state index contributed by atoms with van der Waals surface area (Å²) >= 11 is 0. The first-order valence-electron chi connectivity index (χ1n) is 6.34. The smallest absolute Gasteiger partial charge is 0.412 e. The van der Waals surface area contributed by atoms with Crippen molar-refractivity contribution in [2.45, 2.75) is 46.1 Å². The second-order valence-corrected chi connectivity index (χ2v) is 5.53. The predicted octanol–water partition coefficient (Wildman–Crippen LogP) is 3.56. The highest BCUT2D eigenvalue weighted by Crippen LogP contribution is 2.14. The summed E-state index contributed by atoms with van der Waals surface area (Å²) in [4.78, 5) is 22.6. The average molecular weight is 263 g/mol. The third-order valence-electron chi connectivity index (χ3n) is 2.34. The normalized spacial score (nSPS) is 10.9. The van der Waals surface area contributed by atoms with Gasteiger partial charge in [0.05, 0.1) is 0 Å². The second-order valence-electron chi connectivity index (χ2n) is 5.53. The van der Waals surface area contributed by atoms with Crippen molar-refractivity contribution >= 4 is 17.6 Å². The molecule has 0 radical (unpaired) electrons. The van der Waals surface area contributed by atoms with Gasteiger partial charge < -0.3 is 9.53 Å². The maximum atomic E-state index is 11.6. The summed E-state index contributed by atoms with van der Waals surface area (Å²) in [6, 6.07) is 7.43. The summed E-state index contributed by atoms with van der Waals surface area (Å²) in [5, 5.41) is 2.68. The molecular weight excluding hydrogens is 242 g/mol. The second kappa shape index (κ2) is 6.36. The molecule has 0 saturated heterocycles. The summed E-state index contributed by atoms with van der Waals surface area (Å²) in [6.45, 7) is 7.02. The maximum Gasteiger partial charge on any atom is 0.412 e. The van der Waals surface area contributed by atoms with Crippen molar-refractivity contribution in [2.75, 3.05) is 5.32 Å². The minimum absolute atomic E-state index is 0.158. The van der Waals surface area contributed by atoms with Gasteiger partial charge in [-0.2, -0.15) is 0 Å². The molecule has 1 N–H and O–H groups in total. The first-order chi connectivity index (χ1) is 8.76. The number of ketones is 1. The fraction of sp³-hybridized carbons (Fsp3) is 0.467. The number of Topliss-reactive ketones (excluding diaryl/α,β-unsaturated/α-hetero) is 1. The third kappa shape index (κ3) is 6.60. The molecule has 0 unspecified atom stereocenters. The molecule has 0 aliphatic heterocycles. The van der Waals surface area contributed by atoms with Crippen molar-refractivity contribution < 1.29 is 14.3 Å². The predicted molar refractivity (Wildman–Crippen MR) is 75.3 cm³/mol. The zero-order valence-corrected chi connectivity index (χ0v) is 11.9. The van der Waals surface area contributed by atoms with Crippen LogP contribution in [0.4, 0.5) is 10.5 Å². The monoisotopic (exact) mass is 263 g/mol. The first-order valence-corrected chi connectivity index (χ1v) is 6.34. The minimum atomic E-state index is -0.518. The van der Waals surface area contributed by atoms with E-state index in [2.05, 4.69) is 5.32 Å². The number of hydrogen-bond acceptors (Lipinski definition) is 3. The van der Waals surface area contributed by atoms with Crippen molar-refractivity contribution in [1.82, 2.24) is 0 Å². The fourth-order valence-electron chi connectivity index (χ4n) is 1.55. The lowest BCUT2D eigenvalue weighted by Gasteiger charge is -2.19. The molecule has 0 atom stereocenters. The van der Waals surface area contributed by atoms with E-state index >= 15 is 0 Å². The zero-order valence-electron chi connectivity index (χ0n) is 11.9. The van der Waals surface area contributed by atoms with E-state index in [9.17, 15) is 9.59 Å². The van der Waals surface area contributed by atoms with Crippen LogP contribution in [0.3, 0.4) is 0 Å². The number of benzene rings is 1. The van der Waals surface area contributed by atoms with Gasteiger partial charge in [0.1, 0.15) is 11.4 Å². The van der Waals surface area contributed by atoms with Crippen molar-refractivity contribution in [3.05, 3.63) is 29.8 Å². The van der Waals surface area contributed by atoms with Crippen molar-refractivity contribution in [2.24, 2.45) is 0 Å². The van der Waals surface area contributed by atoms with Gasteiger partial charge in [0, 0.05) is 12.1 Å². The van der Waals surface area contributed by atoms with Crippen LogP contribution in [-0.2, 0) is 16.0 Å². The first kappa shape index (κ1) is 15.2. The van der Waals surface area contributed by atoms with E-state index in [0.29, 0.717) is 18.5 Å². The van der Waals surface area contributed by atoms with Crippen LogP contribution in [0.1, 0.15) is 39.7 Å². The molecule has 1 amide bonds. The molecule has 0 aliphatic carbocycles. The summed E-state index contributed by atoms with van der Waals surface area (Å²) in [5.41, 5.74) is 1.18. The molecule has 104 valence electrons. The number of aryl methyl sites for hydroxylation is 1. The summed E-state index contributed by atoms with van der Waals surface area (Å²) in [6.07, 6.45) is 0.714. The van der Waals surface area contributed by atoms with Crippen LogP contribution in [0.25, 0.3) is 0 Å². The fourth-order valence-corrected chi connectivity index (χ4v) is 1.55. The Morgan fingerprint density at radius 2 is 1.95 bits per heavy atom. The van der Waals surface area contributed by atoms with Gasteiger partial charge in [-0.15, -0.1) is 0 Å². The highest BCUT2D eigenvalue weighted by Gasteiger charge is 2.16. The van der Waals surface area contributed by atoms with Gasteiger partial charge in [0.2, 0.25) is 0 Å². The molecule has 1 aromatic carbocycles. The molecule has 4 nitrogen and oxygen atoms in total. The number of ether oxygens (including phenoxy) is 1. The zero-order chi connectivity index (χ0) is 14.5. The Labute approximate surface area is 114 Å². The molecule has 0 aliphatic rings. The molecule has 0 bridgehead atoms. The number of hydrogen-bond donors (Lipinski definition) is 1. The molecule has 0 aromatic heterocycles. The van der Waals surface area contributed by atoms with Gasteiger partial charge in [0.15, 0.2) is 0 Å². The summed E-state index contributed by atoms with van der Waals surface area (Å²) in [5.74, 6) is 0.158. The Morgan fingerprint density at radius 1 is 1.26 bits per heavy atom. The Bertz CT molecular complexity index is 461. The number of anilines is 1. The molecule has 1 aromatic rings. The van der Waals surface area contributed by atoms with Gasteiger partial charge in [-0.3, -0.25) is 5.32 Å². The van der Waals surface area contributed by atoms with Crippen molar-refractivity contribution in [3.8, 4) is 0 Å². The van der Waals surface area contributed by atoms with E-state index in [1.807, 2.05) is 39.0 Å². The summed E-state index contributed by atoms with van der Waals surface area (Å²) < 4.78 is 5.18. The van der Waals surface area contributed by atoms with Gasteiger partial charge in [0.25, 0.3) is 0 Å². The molecule has 1 rings (SSSR count). The largest absolute Gasteiger partial charge is 0.444 e. The quantitative estimate of drug-likeness (QED) is 0.903. The number of nitrogens with one attached hydrogen (secondary N) is 1. The number of carbonyl (C=O) groups is 2. The maximum absolute atomic E-state index is 11.6. The van der Waals surface area contributed by atoms with Crippen LogP contribution in [0.15, 0.2) is 24.3 Å². The highest BCUT2D eigenvalue weighted by atomic mass is 16.6. The van der Waals surface area contributed by atoms with Crippen molar-refractivity contribution in [1.29, 1.82) is 0 Å². The number of amides is 1. The van der Waals surface area contributed by atoms with Gasteiger partial charge in [-0.1, -0.05) is 12.1 Å². The van der Waals surface area contributed by atoms with E-state index in [4.69, 9.17) is 4.74 Å². The average Bonchev–Trinajstić information content (AvgIpc) is 2.24. The van der Waals surface area contributed by atoms with Gasteiger partial charge in [-0.05, 0) is 51.8 Å². The van der Waals surface area contributed by atoms with Crippen LogP contribution >= 0.6 is 0 Å². The lowest BCUT2D eigenvalue weighted by molar-refractivity contribution is -0.116. The highest BCUT2D eigenvalue weighted by molar-refractivity contribution is 5.85. The lowest BCUT2D eigenvalue weighted by atomic mass is 10.1. The minimum Gasteiger partial charge on any atom is -0.444 e. The molecule has 0 heterocycles. The Kier molecular flexibility index (Phi) is 5.10. The number of carbonyl (C=O) groups excluding carboxylic acids is 2. The summed E-state index contributed by atoms with van der Waals surface area (Å²) in [7, 11) is 0. The van der Waals surface area contributed by atoms with Crippen LogP contribution in [0.5, 0.6) is 0 Å². The van der Waals surface area contributed by atoms with Crippen molar-refractivity contribution in [3.63, 3.8) is 0 Å². The third-order valence-corrected chi connectivity index (χ3v) is 2.34. The van der Waals surface area contributed by atoms with E-state index in [1.165, 1.54) is 0 Å². The number of rotatable bonds is 4. The van der Waals surface area contributed by atoms with E-state index in [-0.39, 0.29) is 5.78 Å². The van der Waals surface area contributed by atoms with Crippen LogP contribution in [0.2, 0.25) is 0 Å². The molecule has 4 heteroatoms. The Morgan fingerprint density at radius 3 is 2.53 bits per heavy atom. The van der Waals surface area contributed by atoms with Crippen LogP contribution in [-0.4, -0.2) is 17.5 Å². The van der Waals surface area contributed by atoms with Gasteiger partial charge >= 0.3 is 6.09 Å². The standard InChI is InChI=1S/C15H21NO3/c1-11(17)8-9-12-6-5-7-13(10-12)16-14(18)19-15(2,3)4/h5-7,10H,8-9H2,1-4H3,(H,16,18). The van der Waals surface area contributed by atoms with Crippen LogP contribution < -0.4 is 5.32 Å². The topological polar surface area (TPSA) is 55.4 Å². The van der Waals surface area contributed by atoms with Crippen LogP contribution in [0, 0.1) is 0 Å². The SMILES string of the molecule is CC(=O)CCc1cccc(NC(=O)OC(C)(C)C)c1.